The van der Waals surface area contributed by atoms with Crippen molar-refractivity contribution in [3.63, 3.8) is 0 Å². The van der Waals surface area contributed by atoms with Gasteiger partial charge in [-0.05, 0) is 51.4 Å². The van der Waals surface area contributed by atoms with Crippen LogP contribution in [0, 0.1) is 0 Å². The van der Waals surface area contributed by atoms with Crippen LogP contribution in [-0.2, 0) is 14.3 Å². The van der Waals surface area contributed by atoms with Crippen molar-refractivity contribution in [2.24, 2.45) is 0 Å². The number of hydrogen-bond donors (Lipinski definition) is 8. The molecule has 11 nitrogen and oxygen atoms in total. The lowest BCUT2D eigenvalue weighted by Gasteiger charge is -2.40. The normalized spacial score (nSPS) is 20.5. The number of unbranched alkanes of at least 4 members (excludes halogenated alkanes) is 34. The lowest BCUT2D eigenvalue weighted by Crippen LogP contribution is -2.60. The van der Waals surface area contributed by atoms with E-state index in [-0.39, 0.29) is 12.8 Å². The summed E-state index contributed by atoms with van der Waals surface area (Å²) in [7, 11) is 0. The predicted octanol–water partition coefficient (Wildman–Crippen LogP) is 12.1. The second kappa shape index (κ2) is 47.6. The van der Waals surface area contributed by atoms with Crippen LogP contribution in [0.5, 0.6) is 0 Å². The Morgan fingerprint density at radius 2 is 0.870 bits per heavy atom. The number of aliphatic hydroxyl groups is 7. The smallest absolute Gasteiger partial charge is 0.249 e. The number of hydrogen-bond acceptors (Lipinski definition) is 10. The fraction of sp³-hybridized carbons (Fsp3) is 0.914. The van der Waals surface area contributed by atoms with Crippen LogP contribution < -0.4 is 5.32 Å². The lowest BCUT2D eigenvalue weighted by atomic mass is 9.98. The van der Waals surface area contributed by atoms with Crippen molar-refractivity contribution in [2.45, 2.75) is 326 Å². The molecular formula is C58H111NO10. The summed E-state index contributed by atoms with van der Waals surface area (Å²) in [5.41, 5.74) is 0. The zero-order valence-corrected chi connectivity index (χ0v) is 44.6. The van der Waals surface area contributed by atoms with Crippen molar-refractivity contribution in [3.05, 3.63) is 24.3 Å². The molecule has 1 amide bonds. The first kappa shape index (κ1) is 65.6. The van der Waals surface area contributed by atoms with E-state index < -0.39 is 74.2 Å². The molecule has 0 bridgehead atoms. The summed E-state index contributed by atoms with van der Waals surface area (Å²) in [6, 6.07) is -1.19. The molecule has 0 aromatic rings. The fourth-order valence-electron chi connectivity index (χ4n) is 9.46. The molecule has 0 spiro atoms. The number of nitrogens with one attached hydrogen (secondary N) is 1. The molecule has 0 aliphatic carbocycles. The topological polar surface area (TPSA) is 189 Å². The number of rotatable bonds is 50. The summed E-state index contributed by atoms with van der Waals surface area (Å²) in [4.78, 5) is 13.2. The van der Waals surface area contributed by atoms with Gasteiger partial charge in [0.1, 0.15) is 36.6 Å². The van der Waals surface area contributed by atoms with Gasteiger partial charge in [-0.3, -0.25) is 4.79 Å². The molecule has 8 N–H and O–H groups in total. The largest absolute Gasteiger partial charge is 0.394 e. The molecule has 11 heteroatoms. The number of allylic oxidation sites excluding steroid dienone is 4. The summed E-state index contributed by atoms with van der Waals surface area (Å²) >= 11 is 0. The second-order valence-electron chi connectivity index (χ2n) is 20.7. The van der Waals surface area contributed by atoms with Gasteiger partial charge in [0.05, 0.1) is 25.4 Å². The van der Waals surface area contributed by atoms with Crippen LogP contribution in [-0.4, -0.2) is 110 Å². The molecule has 1 saturated heterocycles. The molecule has 0 radical (unpaired) electrons. The number of ether oxygens (including phenoxy) is 2. The highest BCUT2D eigenvalue weighted by atomic mass is 16.7. The van der Waals surface area contributed by atoms with Crippen molar-refractivity contribution in [2.75, 3.05) is 13.2 Å². The van der Waals surface area contributed by atoms with E-state index in [4.69, 9.17) is 9.47 Å². The van der Waals surface area contributed by atoms with E-state index >= 15 is 0 Å². The Morgan fingerprint density at radius 3 is 1.29 bits per heavy atom. The Hall–Kier alpha value is -1.41. The predicted molar refractivity (Wildman–Crippen MR) is 284 cm³/mol. The third-order valence-corrected chi connectivity index (χ3v) is 14.2. The van der Waals surface area contributed by atoms with Gasteiger partial charge in [-0.15, -0.1) is 0 Å². The summed E-state index contributed by atoms with van der Waals surface area (Å²) in [6.07, 6.45) is 45.2. The summed E-state index contributed by atoms with van der Waals surface area (Å²) in [5, 5.41) is 76.1. The van der Waals surface area contributed by atoms with Gasteiger partial charge < -0.3 is 50.5 Å². The summed E-state index contributed by atoms with van der Waals surface area (Å²) in [5.74, 6) is -0.706. The molecule has 1 fully saturated rings. The van der Waals surface area contributed by atoms with Crippen LogP contribution in [0.15, 0.2) is 24.3 Å². The van der Waals surface area contributed by atoms with Crippen LogP contribution in [0.25, 0.3) is 0 Å². The highest BCUT2D eigenvalue weighted by Gasteiger charge is 2.44. The fourth-order valence-corrected chi connectivity index (χ4v) is 9.46. The number of carbonyl (C=O) groups is 1. The van der Waals surface area contributed by atoms with Gasteiger partial charge >= 0.3 is 0 Å². The Kier molecular flexibility index (Phi) is 45.2. The summed E-state index contributed by atoms with van der Waals surface area (Å²) < 4.78 is 11.1. The van der Waals surface area contributed by atoms with Crippen LogP contribution in [0.4, 0.5) is 0 Å². The van der Waals surface area contributed by atoms with Crippen LogP contribution in [0.1, 0.15) is 271 Å². The maximum absolute atomic E-state index is 13.2. The number of carbonyl (C=O) groups excluding carboxylic acids is 1. The first-order chi connectivity index (χ1) is 33.7. The van der Waals surface area contributed by atoms with E-state index in [2.05, 4.69) is 43.5 Å². The molecule has 1 rings (SSSR count). The van der Waals surface area contributed by atoms with Gasteiger partial charge in [0.2, 0.25) is 5.91 Å². The minimum absolute atomic E-state index is 0.249. The quantitative estimate of drug-likeness (QED) is 0.0215. The van der Waals surface area contributed by atoms with E-state index in [1.165, 1.54) is 186 Å². The molecule has 1 aliphatic heterocycles. The third-order valence-electron chi connectivity index (χ3n) is 14.2. The Morgan fingerprint density at radius 1 is 0.493 bits per heavy atom. The standard InChI is InChI=1S/C58H111NO10/c1-3-5-7-9-11-13-15-17-19-21-23-24-25-26-28-30-32-34-36-38-40-42-44-46-51(62)57(67)59-49(48-68-58-56(66)55(65)54(64)52(47-60)69-58)53(63)50(61)45-43-41-39-37-35-33-31-29-27-22-20-18-16-14-12-10-8-6-4-2/h29,31,37,39,49-56,58,60-66H,3-28,30,32-36,38,40-48H2,1-2H3,(H,59,67)/b31-29+,39-37+. The SMILES string of the molecule is CCCCCCCCCCCC/C=C/CC/C=C/CCCC(O)C(O)C(COC1OC(CO)C(O)C(O)C1O)NC(=O)C(O)CCCCCCCCCCCCCCCCCCCCCCCCC. The molecule has 0 aromatic carbocycles. The molecular weight excluding hydrogens is 871 g/mol. The maximum atomic E-state index is 13.2. The molecule has 1 heterocycles. The monoisotopic (exact) mass is 982 g/mol. The Balaban J connectivity index is 2.33. The van der Waals surface area contributed by atoms with Crippen molar-refractivity contribution in [3.8, 4) is 0 Å². The summed E-state index contributed by atoms with van der Waals surface area (Å²) in [6.45, 7) is 3.46. The first-order valence-electron chi connectivity index (χ1n) is 29.2. The van der Waals surface area contributed by atoms with E-state index in [1.807, 2.05) is 0 Å². The molecule has 0 saturated carbocycles. The molecule has 9 atom stereocenters. The molecule has 0 aromatic heterocycles. The van der Waals surface area contributed by atoms with Crippen molar-refractivity contribution >= 4 is 5.91 Å². The van der Waals surface area contributed by atoms with E-state index in [1.54, 1.807) is 0 Å². The minimum atomic E-state index is -1.67. The van der Waals surface area contributed by atoms with Gasteiger partial charge in [0.15, 0.2) is 6.29 Å². The van der Waals surface area contributed by atoms with Crippen molar-refractivity contribution < 1.29 is 50.0 Å². The van der Waals surface area contributed by atoms with E-state index in [0.717, 1.165) is 38.5 Å². The average molecular weight is 983 g/mol. The van der Waals surface area contributed by atoms with Crippen molar-refractivity contribution in [1.82, 2.24) is 5.32 Å². The third kappa shape index (κ3) is 36.2. The zero-order valence-electron chi connectivity index (χ0n) is 44.6. The Bertz CT molecular complexity index is 1170. The highest BCUT2D eigenvalue weighted by molar-refractivity contribution is 5.80. The van der Waals surface area contributed by atoms with Crippen molar-refractivity contribution in [1.29, 1.82) is 0 Å². The average Bonchev–Trinajstić information content (AvgIpc) is 3.35. The van der Waals surface area contributed by atoms with Crippen LogP contribution in [0.3, 0.4) is 0 Å². The zero-order chi connectivity index (χ0) is 50.4. The van der Waals surface area contributed by atoms with Crippen LogP contribution >= 0.6 is 0 Å². The van der Waals surface area contributed by atoms with Gasteiger partial charge in [-0.25, -0.2) is 0 Å². The maximum Gasteiger partial charge on any atom is 0.249 e. The molecule has 9 unspecified atom stereocenters. The lowest BCUT2D eigenvalue weighted by molar-refractivity contribution is -0.303. The molecule has 69 heavy (non-hydrogen) atoms. The number of aliphatic hydroxyl groups excluding tert-OH is 7. The second-order valence-corrected chi connectivity index (χ2v) is 20.7. The van der Waals surface area contributed by atoms with Gasteiger partial charge in [0, 0.05) is 0 Å². The minimum Gasteiger partial charge on any atom is -0.394 e. The first-order valence-corrected chi connectivity index (χ1v) is 29.2. The molecule has 408 valence electrons. The van der Waals surface area contributed by atoms with Crippen LogP contribution in [0.2, 0.25) is 0 Å². The van der Waals surface area contributed by atoms with Gasteiger partial charge in [-0.2, -0.15) is 0 Å². The van der Waals surface area contributed by atoms with E-state index in [9.17, 15) is 40.5 Å². The van der Waals surface area contributed by atoms with E-state index in [0.29, 0.717) is 19.3 Å². The highest BCUT2D eigenvalue weighted by Crippen LogP contribution is 2.23. The molecule has 1 aliphatic rings. The Labute approximate surface area is 423 Å². The van der Waals surface area contributed by atoms with Gasteiger partial charge in [0.25, 0.3) is 0 Å². The number of amides is 1. The van der Waals surface area contributed by atoms with Gasteiger partial charge in [-0.1, -0.05) is 244 Å².